The maximum absolute atomic E-state index is 11.5. The summed E-state index contributed by atoms with van der Waals surface area (Å²) in [7, 11) is 1.20. The summed E-state index contributed by atoms with van der Waals surface area (Å²) in [6.07, 6.45) is 1.66. The molecule has 2 aromatic rings. The van der Waals surface area contributed by atoms with Gasteiger partial charge in [0, 0.05) is 29.2 Å². The molecule has 7 nitrogen and oxygen atoms in total. The third-order valence-corrected chi connectivity index (χ3v) is 3.07. The van der Waals surface area contributed by atoms with Crippen molar-refractivity contribution in [2.45, 2.75) is 19.1 Å². The Morgan fingerprint density at radius 2 is 2.20 bits per heavy atom. The summed E-state index contributed by atoms with van der Waals surface area (Å²) in [5, 5.41) is 21.4. The Hall–Kier alpha value is -2.41. The summed E-state index contributed by atoms with van der Waals surface area (Å²) >= 11 is 0. The summed E-state index contributed by atoms with van der Waals surface area (Å²) in [5.74, 6) is -0.735. The zero-order chi connectivity index (χ0) is 14.9. The molecule has 0 saturated heterocycles. The van der Waals surface area contributed by atoms with Crippen LogP contribution in [0.3, 0.4) is 0 Å². The van der Waals surface area contributed by atoms with E-state index in [2.05, 4.69) is 4.74 Å². The van der Waals surface area contributed by atoms with Crippen molar-refractivity contribution in [1.29, 1.82) is 0 Å². The minimum Gasteiger partial charge on any atom is -0.467 e. The molecule has 106 valence electrons. The van der Waals surface area contributed by atoms with Gasteiger partial charge in [-0.3, -0.25) is 10.1 Å². The first kappa shape index (κ1) is 14.0. The molecule has 1 N–H and O–H groups in total. The first-order valence-corrected chi connectivity index (χ1v) is 5.89. The van der Waals surface area contributed by atoms with Crippen LogP contribution in [0.4, 0.5) is 5.69 Å². The molecule has 0 aliphatic carbocycles. The maximum Gasteiger partial charge on any atom is 0.339 e. The number of aliphatic hydroxyl groups is 1. The van der Waals surface area contributed by atoms with E-state index >= 15 is 0 Å². The molecule has 1 aromatic heterocycles. The summed E-state index contributed by atoms with van der Waals surface area (Å²) < 4.78 is 6.18. The molecule has 1 unspecified atom stereocenters. The minimum absolute atomic E-state index is 0.000976. The summed E-state index contributed by atoms with van der Waals surface area (Å²) in [6.45, 7) is 1.36. The quantitative estimate of drug-likeness (QED) is 0.519. The standard InChI is InChI=1S/C13H14N2O5/c1-13(17,12(16)20-2)8-14-6-5-9-7-10(15(18)19)3-4-11(9)14/h3-7,17H,8H2,1-2H3. The highest BCUT2D eigenvalue weighted by molar-refractivity contribution is 5.83. The van der Waals surface area contributed by atoms with E-state index in [9.17, 15) is 20.0 Å². The van der Waals surface area contributed by atoms with Gasteiger partial charge in [-0.2, -0.15) is 0 Å². The van der Waals surface area contributed by atoms with Gasteiger partial charge in [-0.1, -0.05) is 0 Å². The van der Waals surface area contributed by atoms with Crippen molar-refractivity contribution in [3.63, 3.8) is 0 Å². The van der Waals surface area contributed by atoms with Crippen molar-refractivity contribution in [2.75, 3.05) is 7.11 Å². The number of carbonyl (C=O) groups is 1. The van der Waals surface area contributed by atoms with Crippen molar-refractivity contribution in [1.82, 2.24) is 4.57 Å². The second-order valence-electron chi connectivity index (χ2n) is 4.71. The fourth-order valence-electron chi connectivity index (χ4n) is 2.06. The Morgan fingerprint density at radius 3 is 2.80 bits per heavy atom. The lowest BCUT2D eigenvalue weighted by Gasteiger charge is -2.21. The number of esters is 1. The van der Waals surface area contributed by atoms with Crippen molar-refractivity contribution >= 4 is 22.6 Å². The molecule has 1 atom stereocenters. The Balaban J connectivity index is 2.37. The Bertz CT molecular complexity index is 674. The molecular weight excluding hydrogens is 264 g/mol. The number of aromatic nitrogens is 1. The second-order valence-corrected chi connectivity index (χ2v) is 4.71. The first-order chi connectivity index (χ1) is 9.35. The van der Waals surface area contributed by atoms with Crippen LogP contribution in [0.15, 0.2) is 30.5 Å². The largest absolute Gasteiger partial charge is 0.467 e. The normalized spacial score (nSPS) is 13.9. The number of non-ortho nitro benzene ring substituents is 1. The van der Waals surface area contributed by atoms with Crippen LogP contribution in [0.1, 0.15) is 6.92 Å². The van der Waals surface area contributed by atoms with Crippen molar-refractivity contribution in [3.05, 3.63) is 40.6 Å². The number of hydrogen-bond acceptors (Lipinski definition) is 5. The number of rotatable bonds is 4. The Kier molecular flexibility index (Phi) is 3.46. The number of carbonyl (C=O) groups excluding carboxylic acids is 1. The summed E-state index contributed by atoms with van der Waals surface area (Å²) in [4.78, 5) is 21.7. The van der Waals surface area contributed by atoms with Crippen LogP contribution < -0.4 is 0 Å². The fraction of sp³-hybridized carbons (Fsp3) is 0.308. The summed E-state index contributed by atoms with van der Waals surface area (Å²) in [6, 6.07) is 6.10. The van der Waals surface area contributed by atoms with Crippen LogP contribution in [0.2, 0.25) is 0 Å². The topological polar surface area (TPSA) is 94.6 Å². The molecule has 0 spiro atoms. The molecular formula is C13H14N2O5. The van der Waals surface area contributed by atoms with Crippen LogP contribution in [-0.4, -0.2) is 33.3 Å². The molecule has 0 aliphatic rings. The van der Waals surface area contributed by atoms with Crippen LogP contribution in [0.5, 0.6) is 0 Å². The molecule has 0 saturated carbocycles. The van der Waals surface area contributed by atoms with Gasteiger partial charge in [-0.05, 0) is 19.1 Å². The number of nitro benzene ring substituents is 1. The minimum atomic E-state index is -1.66. The third kappa shape index (κ3) is 2.48. The van der Waals surface area contributed by atoms with Crippen molar-refractivity contribution in [3.8, 4) is 0 Å². The van der Waals surface area contributed by atoms with Gasteiger partial charge >= 0.3 is 5.97 Å². The van der Waals surface area contributed by atoms with Gasteiger partial charge in [0.2, 0.25) is 0 Å². The lowest BCUT2D eigenvalue weighted by Crippen LogP contribution is -2.40. The molecule has 20 heavy (non-hydrogen) atoms. The van der Waals surface area contributed by atoms with E-state index in [1.165, 1.54) is 26.2 Å². The lowest BCUT2D eigenvalue weighted by molar-refractivity contribution is -0.384. The Labute approximate surface area is 114 Å². The van der Waals surface area contributed by atoms with Crippen LogP contribution in [0.25, 0.3) is 10.9 Å². The van der Waals surface area contributed by atoms with Gasteiger partial charge in [0.15, 0.2) is 5.60 Å². The monoisotopic (exact) mass is 278 g/mol. The van der Waals surface area contributed by atoms with E-state index in [4.69, 9.17) is 0 Å². The maximum atomic E-state index is 11.5. The van der Waals surface area contributed by atoms with E-state index in [1.807, 2.05) is 0 Å². The van der Waals surface area contributed by atoms with E-state index in [1.54, 1.807) is 22.9 Å². The molecule has 0 radical (unpaired) electrons. The van der Waals surface area contributed by atoms with E-state index in [0.29, 0.717) is 10.9 Å². The molecule has 2 rings (SSSR count). The second kappa shape index (κ2) is 4.93. The highest BCUT2D eigenvalue weighted by atomic mass is 16.6. The number of nitro groups is 1. The van der Waals surface area contributed by atoms with E-state index in [0.717, 1.165) is 0 Å². The number of hydrogen-bond donors (Lipinski definition) is 1. The molecule has 0 fully saturated rings. The first-order valence-electron chi connectivity index (χ1n) is 5.89. The van der Waals surface area contributed by atoms with Gasteiger partial charge in [-0.15, -0.1) is 0 Å². The molecule has 0 bridgehead atoms. The van der Waals surface area contributed by atoms with Crippen LogP contribution >= 0.6 is 0 Å². The van der Waals surface area contributed by atoms with Gasteiger partial charge in [0.05, 0.1) is 18.6 Å². The third-order valence-electron chi connectivity index (χ3n) is 3.07. The van der Waals surface area contributed by atoms with Gasteiger partial charge < -0.3 is 14.4 Å². The zero-order valence-corrected chi connectivity index (χ0v) is 11.1. The van der Waals surface area contributed by atoms with Gasteiger partial charge in [0.25, 0.3) is 5.69 Å². The number of ether oxygens (including phenoxy) is 1. The Morgan fingerprint density at radius 1 is 1.50 bits per heavy atom. The predicted octanol–water partition coefficient (Wildman–Crippen LogP) is 1.47. The molecule has 7 heteroatoms. The van der Waals surface area contributed by atoms with Gasteiger partial charge in [-0.25, -0.2) is 4.79 Å². The van der Waals surface area contributed by atoms with E-state index in [-0.39, 0.29) is 12.2 Å². The molecule has 0 amide bonds. The number of fused-ring (bicyclic) bond motifs is 1. The molecule has 1 aromatic carbocycles. The average Bonchev–Trinajstić information content (AvgIpc) is 2.79. The molecule has 0 aliphatic heterocycles. The lowest BCUT2D eigenvalue weighted by atomic mass is 10.1. The number of benzene rings is 1. The SMILES string of the molecule is COC(=O)C(C)(O)Cn1ccc2cc([N+](=O)[O-])ccc21. The highest BCUT2D eigenvalue weighted by Crippen LogP contribution is 2.23. The van der Waals surface area contributed by atoms with Crippen molar-refractivity contribution in [2.24, 2.45) is 0 Å². The fourth-order valence-corrected chi connectivity index (χ4v) is 2.06. The van der Waals surface area contributed by atoms with Crippen molar-refractivity contribution < 1.29 is 19.6 Å². The molecule has 1 heterocycles. The number of methoxy groups -OCH3 is 1. The zero-order valence-electron chi connectivity index (χ0n) is 11.1. The average molecular weight is 278 g/mol. The summed E-state index contributed by atoms with van der Waals surface area (Å²) in [5.41, 5.74) is -0.975. The number of nitrogens with zero attached hydrogens (tertiary/aromatic N) is 2. The van der Waals surface area contributed by atoms with Crippen LogP contribution in [0, 0.1) is 10.1 Å². The van der Waals surface area contributed by atoms with Crippen LogP contribution in [-0.2, 0) is 16.1 Å². The smallest absolute Gasteiger partial charge is 0.339 e. The van der Waals surface area contributed by atoms with Gasteiger partial charge in [0.1, 0.15) is 0 Å². The van der Waals surface area contributed by atoms with E-state index < -0.39 is 16.5 Å². The predicted molar refractivity (Wildman–Crippen MR) is 71.2 cm³/mol. The highest BCUT2D eigenvalue weighted by Gasteiger charge is 2.32.